The molecule has 114 valence electrons. The number of fused-ring (bicyclic) bond motifs is 1. The van der Waals surface area contributed by atoms with Crippen molar-refractivity contribution in [3.05, 3.63) is 46.6 Å². The Kier molecular flexibility index (Phi) is 7.24. The average molecular weight is 463 g/mol. The van der Waals surface area contributed by atoms with E-state index >= 15 is 0 Å². The van der Waals surface area contributed by atoms with Crippen LogP contribution in [-0.4, -0.2) is 24.0 Å². The first-order valence-corrected chi connectivity index (χ1v) is 7.30. The molecule has 0 aliphatic rings. The highest BCUT2D eigenvalue weighted by atomic mass is 127. The average Bonchev–Trinajstić information content (AvgIpc) is 2.81. The number of hydrogen-bond donors (Lipinski definition) is 3. The van der Waals surface area contributed by atoms with E-state index in [1.54, 1.807) is 0 Å². The third-order valence-corrected chi connectivity index (χ3v) is 3.62. The van der Waals surface area contributed by atoms with Gasteiger partial charge in [0.05, 0.1) is 6.54 Å². The van der Waals surface area contributed by atoms with E-state index in [1.807, 2.05) is 19.2 Å². The number of aromatic nitrogens is 1. The molecule has 0 aliphatic heterocycles. The maximum Gasteiger partial charge on any atom is 0.188 e. The lowest BCUT2D eigenvalue weighted by atomic mass is 10.1. The molecule has 0 saturated carbocycles. The number of halogens is 2. The van der Waals surface area contributed by atoms with E-state index in [-0.39, 0.29) is 24.0 Å². The molecule has 0 bridgehead atoms. The van der Waals surface area contributed by atoms with Crippen molar-refractivity contribution >= 4 is 56.8 Å². The maximum absolute atomic E-state index is 5.78. The maximum atomic E-state index is 5.78. The fourth-order valence-electron chi connectivity index (χ4n) is 2.01. The van der Waals surface area contributed by atoms with Gasteiger partial charge in [-0.25, -0.2) is 4.99 Å². The van der Waals surface area contributed by atoms with Gasteiger partial charge in [-0.2, -0.15) is 0 Å². The molecule has 1 aromatic heterocycles. The molecule has 0 atom stereocenters. The fraction of sp³-hybridized carbons (Fsp3) is 0.267. The molecule has 0 fully saturated rings. The highest BCUT2D eigenvalue weighted by molar-refractivity contribution is 14.0. The molecule has 1 aromatic carbocycles. The van der Waals surface area contributed by atoms with Crippen molar-refractivity contribution in [2.24, 2.45) is 10.7 Å². The van der Waals surface area contributed by atoms with Gasteiger partial charge in [0.15, 0.2) is 5.96 Å². The zero-order chi connectivity index (χ0) is 14.5. The molecule has 0 amide bonds. The summed E-state index contributed by atoms with van der Waals surface area (Å²) in [5, 5.41) is 4.35. The number of benzene rings is 1. The van der Waals surface area contributed by atoms with Crippen LogP contribution >= 0.6 is 39.9 Å². The third kappa shape index (κ3) is 5.03. The second-order valence-corrected chi connectivity index (χ2v) is 5.67. The minimum absolute atomic E-state index is 0. The first kappa shape index (κ1) is 18.0. The predicted octanol–water partition coefficient (Wildman–Crippen LogP) is 3.57. The Morgan fingerprint density at radius 1 is 1.48 bits per heavy atom. The molecule has 0 aliphatic carbocycles. The summed E-state index contributed by atoms with van der Waals surface area (Å²) >= 11 is 3.59. The van der Waals surface area contributed by atoms with Gasteiger partial charge in [0.2, 0.25) is 0 Å². The Morgan fingerprint density at radius 3 is 2.95 bits per heavy atom. The van der Waals surface area contributed by atoms with Crippen molar-refractivity contribution in [1.82, 2.24) is 10.3 Å². The second-order valence-electron chi connectivity index (χ2n) is 4.81. The van der Waals surface area contributed by atoms with Gasteiger partial charge in [-0.1, -0.05) is 34.1 Å². The van der Waals surface area contributed by atoms with Gasteiger partial charge in [0.25, 0.3) is 0 Å². The molecule has 4 N–H and O–H groups in total. The largest absolute Gasteiger partial charge is 0.370 e. The first-order valence-electron chi connectivity index (χ1n) is 6.50. The third-order valence-electron chi connectivity index (χ3n) is 2.96. The molecule has 0 spiro atoms. The summed E-state index contributed by atoms with van der Waals surface area (Å²) in [6.07, 6.45) is 2.92. The molecule has 4 nitrogen and oxygen atoms in total. The number of aromatic amines is 1. The lowest BCUT2D eigenvalue weighted by molar-refractivity contribution is 0.856. The number of hydrogen-bond acceptors (Lipinski definition) is 1. The molecule has 21 heavy (non-hydrogen) atoms. The van der Waals surface area contributed by atoms with Crippen LogP contribution in [-0.2, 0) is 6.42 Å². The molecule has 1 heterocycles. The van der Waals surface area contributed by atoms with Gasteiger partial charge in [0, 0.05) is 28.1 Å². The summed E-state index contributed by atoms with van der Waals surface area (Å²) in [6, 6.07) is 6.14. The predicted molar refractivity (Wildman–Crippen MR) is 104 cm³/mol. The van der Waals surface area contributed by atoms with Crippen LogP contribution in [0.3, 0.4) is 0 Å². The van der Waals surface area contributed by atoms with Crippen LogP contribution in [0.15, 0.2) is 46.0 Å². The summed E-state index contributed by atoms with van der Waals surface area (Å²) in [5.41, 5.74) is 9.17. The lowest BCUT2D eigenvalue weighted by Gasteiger charge is -2.05. The zero-order valence-corrected chi connectivity index (χ0v) is 15.9. The van der Waals surface area contributed by atoms with Crippen molar-refractivity contribution in [3.8, 4) is 0 Å². The second kappa shape index (κ2) is 8.43. The van der Waals surface area contributed by atoms with Gasteiger partial charge < -0.3 is 16.0 Å². The van der Waals surface area contributed by atoms with Crippen LogP contribution < -0.4 is 11.1 Å². The highest BCUT2D eigenvalue weighted by Crippen LogP contribution is 2.26. The topological polar surface area (TPSA) is 66.2 Å². The molecule has 2 aromatic rings. The molecular formula is C15H20BrIN4. The van der Waals surface area contributed by atoms with Crippen molar-refractivity contribution in [3.63, 3.8) is 0 Å². The minimum Gasteiger partial charge on any atom is -0.370 e. The van der Waals surface area contributed by atoms with E-state index in [1.165, 1.54) is 10.9 Å². The van der Waals surface area contributed by atoms with Gasteiger partial charge in [0.1, 0.15) is 0 Å². The number of nitrogens with zero attached hydrogens (tertiary/aromatic N) is 1. The lowest BCUT2D eigenvalue weighted by Crippen LogP contribution is -2.33. The van der Waals surface area contributed by atoms with Gasteiger partial charge >= 0.3 is 0 Å². The summed E-state index contributed by atoms with van der Waals surface area (Å²) in [5.74, 6) is 0.465. The number of nitrogens with two attached hydrogens (primary N) is 1. The SMILES string of the molecule is C=C(C)CN=C(N)NCCc1c[nH]c2cccc(Br)c12.I. The first-order chi connectivity index (χ1) is 9.58. The van der Waals surface area contributed by atoms with Gasteiger partial charge in [-0.3, -0.25) is 0 Å². The monoisotopic (exact) mass is 462 g/mol. The number of nitrogens with one attached hydrogen (secondary N) is 2. The van der Waals surface area contributed by atoms with Crippen molar-refractivity contribution < 1.29 is 0 Å². The van der Waals surface area contributed by atoms with Crippen LogP contribution in [0, 0.1) is 0 Å². The van der Waals surface area contributed by atoms with E-state index in [2.05, 4.69) is 49.9 Å². The molecule has 2 rings (SSSR count). The molecular weight excluding hydrogens is 443 g/mol. The Morgan fingerprint density at radius 2 is 2.24 bits per heavy atom. The standard InChI is InChI=1S/C15H19BrN4.HI/c1-10(2)8-20-15(17)18-7-6-11-9-19-13-5-3-4-12(16)14(11)13;/h3-5,9,19H,1,6-8H2,2H3,(H3,17,18,20);1H. The Hall–Kier alpha value is -1.02. The van der Waals surface area contributed by atoms with Crippen LogP contribution in [0.5, 0.6) is 0 Å². The van der Waals surface area contributed by atoms with E-state index in [0.717, 1.165) is 28.5 Å². The molecule has 0 saturated heterocycles. The van der Waals surface area contributed by atoms with Crippen LogP contribution in [0.2, 0.25) is 0 Å². The van der Waals surface area contributed by atoms with Crippen molar-refractivity contribution in [2.45, 2.75) is 13.3 Å². The number of H-pyrrole nitrogens is 1. The van der Waals surface area contributed by atoms with E-state index in [0.29, 0.717) is 12.5 Å². The molecule has 6 heteroatoms. The Labute approximate surface area is 150 Å². The number of aliphatic imine (C=N–C) groups is 1. The highest BCUT2D eigenvalue weighted by Gasteiger charge is 2.06. The number of guanidine groups is 1. The molecule has 0 radical (unpaired) electrons. The summed E-state index contributed by atoms with van der Waals surface area (Å²) in [7, 11) is 0. The number of rotatable bonds is 5. The zero-order valence-electron chi connectivity index (χ0n) is 11.9. The van der Waals surface area contributed by atoms with Crippen molar-refractivity contribution in [1.29, 1.82) is 0 Å². The fourth-order valence-corrected chi connectivity index (χ4v) is 2.63. The van der Waals surface area contributed by atoms with Gasteiger partial charge in [-0.15, -0.1) is 24.0 Å². The summed E-state index contributed by atoms with van der Waals surface area (Å²) in [6.45, 7) is 7.04. The smallest absolute Gasteiger partial charge is 0.188 e. The van der Waals surface area contributed by atoms with Crippen LogP contribution in [0.1, 0.15) is 12.5 Å². The minimum atomic E-state index is 0. The van der Waals surface area contributed by atoms with Crippen LogP contribution in [0.4, 0.5) is 0 Å². The van der Waals surface area contributed by atoms with Crippen molar-refractivity contribution in [2.75, 3.05) is 13.1 Å². The normalized spacial score (nSPS) is 11.2. The Bertz CT molecular complexity index is 648. The van der Waals surface area contributed by atoms with E-state index < -0.39 is 0 Å². The molecule has 0 unspecified atom stereocenters. The quantitative estimate of drug-likeness (QED) is 0.275. The van der Waals surface area contributed by atoms with E-state index in [4.69, 9.17) is 5.73 Å². The summed E-state index contributed by atoms with van der Waals surface area (Å²) < 4.78 is 1.11. The van der Waals surface area contributed by atoms with Crippen LogP contribution in [0.25, 0.3) is 10.9 Å². The van der Waals surface area contributed by atoms with E-state index in [9.17, 15) is 0 Å². The summed E-state index contributed by atoms with van der Waals surface area (Å²) in [4.78, 5) is 7.47. The Balaban J connectivity index is 0.00000220. The van der Waals surface area contributed by atoms with Gasteiger partial charge in [-0.05, 0) is 31.0 Å².